The number of furan rings is 1. The van der Waals surface area contributed by atoms with Crippen LogP contribution < -0.4 is 10.7 Å². The lowest BCUT2D eigenvalue weighted by atomic mass is 10.2. The minimum absolute atomic E-state index is 0.247. The van der Waals surface area contributed by atoms with Gasteiger partial charge in [-0.15, -0.1) is 0 Å². The number of halogens is 1. The topological polar surface area (TPSA) is 66.6 Å². The van der Waals surface area contributed by atoms with E-state index in [2.05, 4.69) is 15.8 Å². The molecule has 2 rings (SSSR count). The monoisotopic (exact) mass is 291 g/mol. The van der Waals surface area contributed by atoms with Crippen molar-refractivity contribution < 1.29 is 9.21 Å². The Morgan fingerprint density at radius 1 is 1.35 bits per heavy atom. The largest absolute Gasteiger partial charge is 0.463 e. The normalized spacial score (nSPS) is 12.3. The molecule has 1 aromatic heterocycles. The number of anilines is 1. The molecule has 1 heterocycles. The van der Waals surface area contributed by atoms with Crippen molar-refractivity contribution in [3.05, 3.63) is 53.4 Å². The first kappa shape index (κ1) is 14.1. The molecule has 0 radical (unpaired) electrons. The highest BCUT2D eigenvalue weighted by Gasteiger charge is 2.11. The van der Waals surface area contributed by atoms with Gasteiger partial charge in [0.05, 0.1) is 12.5 Å². The van der Waals surface area contributed by atoms with Gasteiger partial charge in [-0.1, -0.05) is 11.6 Å². The predicted molar refractivity (Wildman–Crippen MR) is 79.0 cm³/mol. The molecule has 0 fully saturated rings. The second-order valence-electron chi connectivity index (χ2n) is 4.12. The zero-order valence-corrected chi connectivity index (χ0v) is 11.6. The van der Waals surface area contributed by atoms with Crippen LogP contribution >= 0.6 is 11.6 Å². The Labute approximate surface area is 121 Å². The van der Waals surface area contributed by atoms with E-state index in [4.69, 9.17) is 16.0 Å². The Morgan fingerprint density at radius 2 is 2.10 bits per heavy atom. The summed E-state index contributed by atoms with van der Waals surface area (Å²) in [7, 11) is 0. The summed E-state index contributed by atoms with van der Waals surface area (Å²) in [6.07, 6.45) is 2.97. The summed E-state index contributed by atoms with van der Waals surface area (Å²) in [5.41, 5.74) is 3.25. The fraction of sp³-hybridized carbons (Fsp3) is 0.143. The van der Waals surface area contributed by atoms with Gasteiger partial charge in [-0.2, -0.15) is 5.10 Å². The number of carbonyl (C=O) groups is 1. The minimum Gasteiger partial charge on any atom is -0.463 e. The maximum absolute atomic E-state index is 11.8. The number of benzene rings is 1. The van der Waals surface area contributed by atoms with Gasteiger partial charge in [0.25, 0.3) is 5.91 Å². The standard InChI is InChI=1S/C14H14ClN3O2/c1-10(17-12-6-4-11(15)5-7-12)14(19)18-16-9-13-3-2-8-20-13/h2-10,17H,1H3,(H,18,19)/b16-9-/t10-/m0/s1. The van der Waals surface area contributed by atoms with Crippen LogP contribution in [0.2, 0.25) is 5.02 Å². The van der Waals surface area contributed by atoms with E-state index in [1.807, 2.05) is 0 Å². The maximum Gasteiger partial charge on any atom is 0.262 e. The van der Waals surface area contributed by atoms with Crippen molar-refractivity contribution in [1.29, 1.82) is 0 Å². The van der Waals surface area contributed by atoms with E-state index < -0.39 is 6.04 Å². The van der Waals surface area contributed by atoms with Crippen molar-refractivity contribution >= 4 is 29.4 Å². The Morgan fingerprint density at radius 3 is 2.75 bits per heavy atom. The molecule has 2 aromatic rings. The first-order valence-electron chi connectivity index (χ1n) is 6.03. The second-order valence-corrected chi connectivity index (χ2v) is 4.56. The molecule has 6 heteroatoms. The third kappa shape index (κ3) is 4.13. The molecule has 104 valence electrons. The summed E-state index contributed by atoms with van der Waals surface area (Å²) < 4.78 is 5.05. The van der Waals surface area contributed by atoms with Crippen LogP contribution in [0.3, 0.4) is 0 Å². The average Bonchev–Trinajstić information content (AvgIpc) is 2.94. The molecule has 1 atom stereocenters. The first-order valence-corrected chi connectivity index (χ1v) is 6.41. The molecular formula is C14H14ClN3O2. The van der Waals surface area contributed by atoms with E-state index in [9.17, 15) is 4.79 Å². The number of hydrogen-bond acceptors (Lipinski definition) is 4. The number of amides is 1. The SMILES string of the molecule is C[C@H](Nc1ccc(Cl)cc1)C(=O)N/N=C\c1ccco1. The Balaban J connectivity index is 1.84. The summed E-state index contributed by atoms with van der Waals surface area (Å²) in [6.45, 7) is 1.74. The average molecular weight is 292 g/mol. The van der Waals surface area contributed by atoms with Crippen molar-refractivity contribution in [3.8, 4) is 0 Å². The number of nitrogens with zero attached hydrogens (tertiary/aromatic N) is 1. The van der Waals surface area contributed by atoms with Crippen LogP contribution in [0.25, 0.3) is 0 Å². The van der Waals surface area contributed by atoms with Gasteiger partial charge in [0.2, 0.25) is 0 Å². The Bertz CT molecular complexity index is 579. The Kier molecular flexibility index (Phi) is 4.79. The second kappa shape index (κ2) is 6.77. The third-order valence-electron chi connectivity index (χ3n) is 2.53. The highest BCUT2D eigenvalue weighted by Crippen LogP contribution is 2.14. The van der Waals surface area contributed by atoms with Crippen LogP contribution in [0.5, 0.6) is 0 Å². The van der Waals surface area contributed by atoms with Crippen molar-refractivity contribution in [2.24, 2.45) is 5.10 Å². The zero-order chi connectivity index (χ0) is 14.4. The summed E-state index contributed by atoms with van der Waals surface area (Å²) in [5, 5.41) is 7.50. The van der Waals surface area contributed by atoms with E-state index in [1.165, 1.54) is 12.5 Å². The first-order chi connectivity index (χ1) is 9.65. The highest BCUT2D eigenvalue weighted by molar-refractivity contribution is 6.30. The summed E-state index contributed by atoms with van der Waals surface area (Å²) in [5.74, 6) is 0.325. The van der Waals surface area contributed by atoms with Crippen LogP contribution in [0.15, 0.2) is 52.2 Å². The molecule has 5 nitrogen and oxygen atoms in total. The zero-order valence-electron chi connectivity index (χ0n) is 10.8. The number of hydrogen-bond donors (Lipinski definition) is 2. The lowest BCUT2D eigenvalue weighted by Crippen LogP contribution is -2.34. The summed E-state index contributed by atoms with van der Waals surface area (Å²) >= 11 is 5.79. The molecule has 0 saturated heterocycles. The van der Waals surface area contributed by atoms with E-state index >= 15 is 0 Å². The quantitative estimate of drug-likeness (QED) is 0.657. The molecule has 2 N–H and O–H groups in total. The fourth-order valence-electron chi connectivity index (χ4n) is 1.48. The van der Waals surface area contributed by atoms with Gasteiger partial charge in [0, 0.05) is 10.7 Å². The van der Waals surface area contributed by atoms with Crippen LogP contribution in [-0.2, 0) is 4.79 Å². The van der Waals surface area contributed by atoms with Crippen molar-refractivity contribution in [3.63, 3.8) is 0 Å². The van der Waals surface area contributed by atoms with Crippen LogP contribution in [-0.4, -0.2) is 18.2 Å². The number of nitrogens with one attached hydrogen (secondary N) is 2. The molecule has 1 amide bonds. The third-order valence-corrected chi connectivity index (χ3v) is 2.78. The lowest BCUT2D eigenvalue weighted by molar-refractivity contribution is -0.121. The molecule has 0 aliphatic rings. The van der Waals surface area contributed by atoms with E-state index in [-0.39, 0.29) is 5.91 Å². The van der Waals surface area contributed by atoms with Gasteiger partial charge >= 0.3 is 0 Å². The van der Waals surface area contributed by atoms with Gasteiger partial charge < -0.3 is 9.73 Å². The molecule has 0 unspecified atom stereocenters. The number of rotatable bonds is 5. The van der Waals surface area contributed by atoms with Gasteiger partial charge in [-0.25, -0.2) is 5.43 Å². The molecule has 0 aliphatic heterocycles. The van der Waals surface area contributed by atoms with Crippen LogP contribution in [0.4, 0.5) is 5.69 Å². The lowest BCUT2D eigenvalue weighted by Gasteiger charge is -2.13. The molecular weight excluding hydrogens is 278 g/mol. The van der Waals surface area contributed by atoms with E-state index in [1.54, 1.807) is 43.3 Å². The summed E-state index contributed by atoms with van der Waals surface area (Å²) in [6, 6.07) is 10.2. The molecule has 0 saturated carbocycles. The number of hydrazone groups is 1. The Hall–Kier alpha value is -2.27. The molecule has 1 aromatic carbocycles. The van der Waals surface area contributed by atoms with Gasteiger partial charge in [0.15, 0.2) is 0 Å². The van der Waals surface area contributed by atoms with Crippen LogP contribution in [0, 0.1) is 0 Å². The van der Waals surface area contributed by atoms with Crippen molar-refractivity contribution in [1.82, 2.24) is 5.43 Å². The highest BCUT2D eigenvalue weighted by atomic mass is 35.5. The van der Waals surface area contributed by atoms with E-state index in [0.717, 1.165) is 5.69 Å². The number of carbonyl (C=O) groups excluding carboxylic acids is 1. The van der Waals surface area contributed by atoms with Gasteiger partial charge in [-0.05, 0) is 43.3 Å². The van der Waals surface area contributed by atoms with Gasteiger partial charge in [0.1, 0.15) is 11.8 Å². The summed E-state index contributed by atoms with van der Waals surface area (Å²) in [4.78, 5) is 11.8. The molecule has 20 heavy (non-hydrogen) atoms. The van der Waals surface area contributed by atoms with Gasteiger partial charge in [-0.3, -0.25) is 4.79 Å². The molecule has 0 aliphatic carbocycles. The molecule has 0 spiro atoms. The van der Waals surface area contributed by atoms with Crippen molar-refractivity contribution in [2.45, 2.75) is 13.0 Å². The maximum atomic E-state index is 11.8. The van der Waals surface area contributed by atoms with E-state index in [0.29, 0.717) is 10.8 Å². The fourth-order valence-corrected chi connectivity index (χ4v) is 1.61. The van der Waals surface area contributed by atoms with Crippen molar-refractivity contribution in [2.75, 3.05) is 5.32 Å². The minimum atomic E-state index is -0.426. The molecule has 0 bridgehead atoms. The predicted octanol–water partition coefficient (Wildman–Crippen LogP) is 2.88. The van der Waals surface area contributed by atoms with Crippen LogP contribution in [0.1, 0.15) is 12.7 Å². The smallest absolute Gasteiger partial charge is 0.262 e.